The number of aliphatic hydroxyl groups excluding tert-OH is 1. The van der Waals surface area contributed by atoms with Gasteiger partial charge in [-0.05, 0) is 35.6 Å². The number of nitrogens with one attached hydrogen (secondary N) is 1. The van der Waals surface area contributed by atoms with E-state index in [2.05, 4.69) is 45.5 Å². The number of benzene rings is 1. The molecule has 0 spiro atoms. The van der Waals surface area contributed by atoms with Crippen LogP contribution in [-0.4, -0.2) is 52.2 Å². The third-order valence-electron chi connectivity index (χ3n) is 6.35. The van der Waals surface area contributed by atoms with Gasteiger partial charge in [-0.1, -0.05) is 43.2 Å². The van der Waals surface area contributed by atoms with E-state index in [-0.39, 0.29) is 30.5 Å². The maximum Gasteiger partial charge on any atom is 0.219 e. The Morgan fingerprint density at radius 3 is 2.50 bits per heavy atom. The second kappa shape index (κ2) is 8.41. The van der Waals surface area contributed by atoms with Crippen LogP contribution in [0.1, 0.15) is 44.1 Å². The summed E-state index contributed by atoms with van der Waals surface area (Å²) < 4.78 is 0. The summed E-state index contributed by atoms with van der Waals surface area (Å²) in [6.45, 7) is 2.50. The molecule has 3 atom stereocenters. The molecular formula is C23H29N3O2. The minimum Gasteiger partial charge on any atom is -0.395 e. The molecular weight excluding hydrogens is 350 g/mol. The van der Waals surface area contributed by atoms with Gasteiger partial charge in [0.1, 0.15) is 0 Å². The number of aromatic nitrogens is 1. The predicted octanol–water partition coefficient (Wildman–Crippen LogP) is 2.96. The Morgan fingerprint density at radius 1 is 1.14 bits per heavy atom. The van der Waals surface area contributed by atoms with Crippen LogP contribution in [0.15, 0.2) is 48.8 Å². The van der Waals surface area contributed by atoms with E-state index in [0.717, 1.165) is 24.0 Å². The van der Waals surface area contributed by atoms with Gasteiger partial charge in [-0.3, -0.25) is 9.78 Å². The van der Waals surface area contributed by atoms with Crippen molar-refractivity contribution in [3.8, 4) is 11.1 Å². The average Bonchev–Trinajstić information content (AvgIpc) is 3.23. The van der Waals surface area contributed by atoms with E-state index in [4.69, 9.17) is 0 Å². The molecule has 1 saturated heterocycles. The van der Waals surface area contributed by atoms with Gasteiger partial charge in [-0.15, -0.1) is 0 Å². The van der Waals surface area contributed by atoms with Crippen molar-refractivity contribution in [3.63, 3.8) is 0 Å². The van der Waals surface area contributed by atoms with Gasteiger partial charge in [0.15, 0.2) is 0 Å². The topological polar surface area (TPSA) is 65.5 Å². The molecule has 2 aliphatic rings. The van der Waals surface area contributed by atoms with Gasteiger partial charge in [0.05, 0.1) is 6.61 Å². The van der Waals surface area contributed by atoms with Crippen LogP contribution in [0.5, 0.6) is 0 Å². The molecule has 1 amide bonds. The number of rotatable bonds is 6. The number of hydrogen-bond donors (Lipinski definition) is 2. The highest BCUT2D eigenvalue weighted by molar-refractivity contribution is 5.73. The Kier molecular flexibility index (Phi) is 5.74. The fourth-order valence-electron chi connectivity index (χ4n) is 4.84. The zero-order chi connectivity index (χ0) is 19.5. The molecule has 2 fully saturated rings. The number of pyridine rings is 1. The second-order valence-electron chi connectivity index (χ2n) is 8.06. The van der Waals surface area contributed by atoms with E-state index in [1.54, 1.807) is 13.1 Å². The molecule has 2 heterocycles. The van der Waals surface area contributed by atoms with Crippen molar-refractivity contribution in [1.29, 1.82) is 0 Å². The predicted molar refractivity (Wildman–Crippen MR) is 110 cm³/mol. The third-order valence-corrected chi connectivity index (χ3v) is 6.35. The van der Waals surface area contributed by atoms with Crippen molar-refractivity contribution in [1.82, 2.24) is 15.2 Å². The summed E-state index contributed by atoms with van der Waals surface area (Å²) in [6, 6.07) is 13.1. The fourth-order valence-corrected chi connectivity index (χ4v) is 4.84. The average molecular weight is 380 g/mol. The van der Waals surface area contributed by atoms with Gasteiger partial charge in [-0.25, -0.2) is 0 Å². The van der Waals surface area contributed by atoms with Crippen LogP contribution in [-0.2, 0) is 4.79 Å². The standard InChI is InChI=1S/C23H29N3O2/c1-16(28)26(20-6-2-3-7-20)14-21-23(22(15-27)25-21)18-10-8-17(9-11-18)19-5-4-12-24-13-19/h4-5,8-13,20-23,25,27H,2-3,6-7,14-15H2,1H3/t21-,22-,23-/m0/s1. The Bertz CT molecular complexity index is 787. The van der Waals surface area contributed by atoms with Crippen molar-refractivity contribution in [2.75, 3.05) is 13.2 Å². The molecule has 28 heavy (non-hydrogen) atoms. The molecule has 1 aliphatic heterocycles. The highest BCUT2D eigenvalue weighted by Gasteiger charge is 2.43. The van der Waals surface area contributed by atoms with Crippen LogP contribution in [0.3, 0.4) is 0 Å². The number of carbonyl (C=O) groups is 1. The van der Waals surface area contributed by atoms with E-state index >= 15 is 0 Å². The molecule has 0 radical (unpaired) electrons. The van der Waals surface area contributed by atoms with E-state index < -0.39 is 0 Å². The molecule has 5 nitrogen and oxygen atoms in total. The van der Waals surface area contributed by atoms with Crippen LogP contribution < -0.4 is 5.32 Å². The Morgan fingerprint density at radius 2 is 1.89 bits per heavy atom. The Hall–Kier alpha value is -2.24. The lowest BCUT2D eigenvalue weighted by Crippen LogP contribution is -2.65. The van der Waals surface area contributed by atoms with Crippen LogP contribution in [0, 0.1) is 0 Å². The van der Waals surface area contributed by atoms with Crippen LogP contribution >= 0.6 is 0 Å². The van der Waals surface area contributed by atoms with Crippen LogP contribution in [0.2, 0.25) is 0 Å². The maximum absolute atomic E-state index is 12.2. The first-order valence-corrected chi connectivity index (χ1v) is 10.3. The fraction of sp³-hybridized carbons (Fsp3) is 0.478. The molecule has 5 heteroatoms. The van der Waals surface area contributed by atoms with Crippen molar-refractivity contribution in [2.24, 2.45) is 0 Å². The highest BCUT2D eigenvalue weighted by Crippen LogP contribution is 2.35. The molecule has 1 aromatic heterocycles. The molecule has 1 saturated carbocycles. The van der Waals surface area contributed by atoms with Gasteiger partial charge in [0, 0.05) is 49.9 Å². The normalized spacial score (nSPS) is 24.7. The molecule has 148 valence electrons. The third kappa shape index (κ3) is 3.82. The Balaban J connectivity index is 1.50. The SMILES string of the molecule is CC(=O)N(C[C@@H]1N[C@@H](CO)[C@H]1c1ccc(-c2cccnc2)cc1)C1CCCC1. The van der Waals surface area contributed by atoms with Gasteiger partial charge < -0.3 is 15.3 Å². The van der Waals surface area contributed by atoms with Crippen molar-refractivity contribution in [3.05, 3.63) is 54.4 Å². The quantitative estimate of drug-likeness (QED) is 0.810. The minimum atomic E-state index is 0.0478. The van der Waals surface area contributed by atoms with Gasteiger partial charge in [0.2, 0.25) is 5.91 Å². The molecule has 0 bridgehead atoms. The number of amides is 1. The van der Waals surface area contributed by atoms with Gasteiger partial charge in [-0.2, -0.15) is 0 Å². The summed E-state index contributed by atoms with van der Waals surface area (Å²) >= 11 is 0. The molecule has 4 rings (SSSR count). The Labute approximate surface area is 166 Å². The monoisotopic (exact) mass is 379 g/mol. The summed E-state index contributed by atoms with van der Waals surface area (Å²) in [4.78, 5) is 18.5. The number of hydrogen-bond acceptors (Lipinski definition) is 4. The van der Waals surface area contributed by atoms with Gasteiger partial charge in [0.25, 0.3) is 0 Å². The number of carbonyl (C=O) groups excluding carboxylic acids is 1. The lowest BCUT2D eigenvalue weighted by atomic mass is 9.77. The summed E-state index contributed by atoms with van der Waals surface area (Å²) in [5.74, 6) is 0.378. The van der Waals surface area contributed by atoms with Crippen LogP contribution in [0.25, 0.3) is 11.1 Å². The zero-order valence-corrected chi connectivity index (χ0v) is 16.4. The minimum absolute atomic E-state index is 0.0478. The highest BCUT2D eigenvalue weighted by atomic mass is 16.3. The largest absolute Gasteiger partial charge is 0.395 e. The first-order chi connectivity index (χ1) is 13.7. The van der Waals surface area contributed by atoms with E-state index in [0.29, 0.717) is 12.6 Å². The maximum atomic E-state index is 12.2. The molecule has 1 aliphatic carbocycles. The van der Waals surface area contributed by atoms with Crippen LogP contribution in [0.4, 0.5) is 0 Å². The summed E-state index contributed by atoms with van der Waals surface area (Å²) in [5, 5.41) is 13.3. The molecule has 2 aromatic rings. The first kappa shape index (κ1) is 19.1. The van der Waals surface area contributed by atoms with Gasteiger partial charge >= 0.3 is 0 Å². The summed E-state index contributed by atoms with van der Waals surface area (Å²) in [6.07, 6.45) is 8.29. The van der Waals surface area contributed by atoms with Crippen molar-refractivity contribution in [2.45, 2.75) is 56.7 Å². The van der Waals surface area contributed by atoms with Crippen molar-refractivity contribution < 1.29 is 9.90 Å². The van der Waals surface area contributed by atoms with E-state index in [1.165, 1.54) is 18.4 Å². The van der Waals surface area contributed by atoms with E-state index in [9.17, 15) is 9.90 Å². The summed E-state index contributed by atoms with van der Waals surface area (Å²) in [7, 11) is 0. The second-order valence-corrected chi connectivity index (χ2v) is 8.06. The number of nitrogens with zero attached hydrogens (tertiary/aromatic N) is 2. The molecule has 1 aromatic carbocycles. The van der Waals surface area contributed by atoms with E-state index in [1.807, 2.05) is 12.3 Å². The summed E-state index contributed by atoms with van der Waals surface area (Å²) in [5.41, 5.74) is 3.45. The number of aliphatic hydroxyl groups is 1. The molecule has 2 N–H and O–H groups in total. The van der Waals surface area contributed by atoms with Crippen molar-refractivity contribution >= 4 is 5.91 Å². The first-order valence-electron chi connectivity index (χ1n) is 10.3. The lowest BCUT2D eigenvalue weighted by Gasteiger charge is -2.48. The lowest BCUT2D eigenvalue weighted by molar-refractivity contribution is -0.132. The zero-order valence-electron chi connectivity index (χ0n) is 16.4. The molecule has 0 unspecified atom stereocenters. The smallest absolute Gasteiger partial charge is 0.219 e.